The summed E-state index contributed by atoms with van der Waals surface area (Å²) in [6.07, 6.45) is 0. The number of hydrogen-bond acceptors (Lipinski definition) is 4. The largest absolute Gasteiger partial charge is 0.508 e. The molecule has 152 valence electrons. The van der Waals surface area contributed by atoms with Crippen LogP contribution in [0.2, 0.25) is 20.1 Å². The molecule has 1 unspecified atom stereocenters. The van der Waals surface area contributed by atoms with Gasteiger partial charge in [-0.15, -0.1) is 0 Å². The number of phenols is 2. The maximum atomic E-state index is 13.0. The molecule has 0 amide bonds. The van der Waals surface area contributed by atoms with Crippen molar-refractivity contribution in [1.82, 2.24) is 0 Å². The fraction of sp³-hybridized carbons (Fsp3) is 0.0526. The Morgan fingerprint density at radius 3 is 1.97 bits per heavy atom. The topological polar surface area (TPSA) is 94.8 Å². The first-order valence-corrected chi connectivity index (χ1v) is 10.8. The summed E-state index contributed by atoms with van der Waals surface area (Å²) in [6.45, 7) is 0. The van der Waals surface area contributed by atoms with Gasteiger partial charge in [-0.1, -0.05) is 64.6 Å². The number of phenolic OH excluding ortho intramolecular Hbond substituents is 2. The molecule has 3 aromatic carbocycles. The van der Waals surface area contributed by atoms with Crippen LogP contribution in [0, 0.1) is 0 Å². The molecule has 0 aliphatic rings. The lowest BCUT2D eigenvalue weighted by molar-refractivity contribution is 0.455. The highest BCUT2D eigenvalue weighted by atomic mass is 35.5. The van der Waals surface area contributed by atoms with Crippen LogP contribution in [0.4, 0.5) is 0 Å². The van der Waals surface area contributed by atoms with E-state index in [1.54, 1.807) is 0 Å². The highest BCUT2D eigenvalue weighted by Crippen LogP contribution is 2.53. The Kier molecular flexibility index (Phi) is 5.98. The summed E-state index contributed by atoms with van der Waals surface area (Å²) in [6, 6.07) is 11.6. The third-order valence-corrected chi connectivity index (χ3v) is 7.03. The van der Waals surface area contributed by atoms with E-state index in [4.69, 9.17) is 46.4 Å². The summed E-state index contributed by atoms with van der Waals surface area (Å²) in [5.74, 6) is -0.813. The molecule has 0 aliphatic heterocycles. The van der Waals surface area contributed by atoms with Gasteiger partial charge in [0.05, 0.1) is 5.02 Å². The van der Waals surface area contributed by atoms with Crippen molar-refractivity contribution in [2.45, 2.75) is 4.75 Å². The van der Waals surface area contributed by atoms with E-state index >= 15 is 0 Å². The molecule has 1 atom stereocenters. The maximum Gasteiger partial charge on any atom is 0.283 e. The molecule has 0 saturated carbocycles. The predicted molar refractivity (Wildman–Crippen MR) is 114 cm³/mol. The third-order valence-electron chi connectivity index (χ3n) is 4.35. The Morgan fingerprint density at radius 2 is 1.41 bits per heavy atom. The van der Waals surface area contributed by atoms with Crippen LogP contribution in [0.5, 0.6) is 11.5 Å². The third kappa shape index (κ3) is 3.65. The molecule has 5 nitrogen and oxygen atoms in total. The average molecular weight is 494 g/mol. The van der Waals surface area contributed by atoms with E-state index in [0.29, 0.717) is 0 Å². The molecule has 3 rings (SSSR count). The van der Waals surface area contributed by atoms with E-state index < -0.39 is 25.6 Å². The van der Waals surface area contributed by atoms with Crippen LogP contribution in [0.15, 0.2) is 54.6 Å². The zero-order chi connectivity index (χ0) is 21.6. The lowest BCUT2D eigenvalue weighted by Gasteiger charge is -2.34. The van der Waals surface area contributed by atoms with Crippen molar-refractivity contribution in [3.63, 3.8) is 0 Å². The highest BCUT2D eigenvalue weighted by molar-refractivity contribution is 7.87. The molecule has 0 spiro atoms. The molecule has 0 bridgehead atoms. The minimum atomic E-state index is -5.14. The second-order valence-corrected chi connectivity index (χ2v) is 9.28. The molecule has 3 N–H and O–H groups in total. The van der Waals surface area contributed by atoms with Crippen molar-refractivity contribution in [2.24, 2.45) is 0 Å². The zero-order valence-corrected chi connectivity index (χ0v) is 18.1. The van der Waals surface area contributed by atoms with Crippen LogP contribution in [-0.4, -0.2) is 23.2 Å². The summed E-state index contributed by atoms with van der Waals surface area (Å²) in [7, 11) is -5.14. The van der Waals surface area contributed by atoms with Crippen LogP contribution in [0.3, 0.4) is 0 Å². The minimum absolute atomic E-state index is 0.0572. The first kappa shape index (κ1) is 22.0. The van der Waals surface area contributed by atoms with Crippen molar-refractivity contribution in [3.8, 4) is 11.5 Å². The van der Waals surface area contributed by atoms with Crippen molar-refractivity contribution >= 4 is 56.5 Å². The van der Waals surface area contributed by atoms with E-state index in [0.717, 1.165) is 12.1 Å². The molecular formula is C19H12Cl4O5S. The molecule has 0 aliphatic carbocycles. The Bertz CT molecular complexity index is 1190. The Balaban J connectivity index is 2.68. The van der Waals surface area contributed by atoms with Crippen molar-refractivity contribution in [3.05, 3.63) is 91.4 Å². The van der Waals surface area contributed by atoms with Gasteiger partial charge in [0.25, 0.3) is 10.1 Å². The number of hydrogen-bond donors (Lipinski definition) is 3. The van der Waals surface area contributed by atoms with Crippen LogP contribution < -0.4 is 0 Å². The van der Waals surface area contributed by atoms with Gasteiger partial charge in [-0.3, -0.25) is 4.55 Å². The molecule has 0 fully saturated rings. The predicted octanol–water partition coefficient (Wildman–Crippen LogP) is 5.89. The SMILES string of the molecule is O=S(=O)(O)C(c1cccc(O)c1)(c1cc(Cl)cc(O)c1Cl)c1c(Cl)cccc1Cl. The molecule has 29 heavy (non-hydrogen) atoms. The highest BCUT2D eigenvalue weighted by Gasteiger charge is 2.52. The Hall–Kier alpha value is -1.67. The van der Waals surface area contributed by atoms with Gasteiger partial charge in [-0.2, -0.15) is 8.42 Å². The summed E-state index contributed by atoms with van der Waals surface area (Å²) >= 11 is 25.0. The van der Waals surface area contributed by atoms with E-state index in [9.17, 15) is 23.2 Å². The fourth-order valence-corrected chi connectivity index (χ4v) is 5.90. The number of rotatable bonds is 4. The smallest absolute Gasteiger partial charge is 0.283 e. The van der Waals surface area contributed by atoms with Crippen LogP contribution in [0.1, 0.15) is 16.7 Å². The first-order valence-electron chi connectivity index (χ1n) is 7.89. The van der Waals surface area contributed by atoms with Gasteiger partial charge in [-0.05, 0) is 35.9 Å². The van der Waals surface area contributed by atoms with Gasteiger partial charge in [0.2, 0.25) is 0 Å². The Labute approximate surface area is 186 Å². The van der Waals surface area contributed by atoms with E-state index in [2.05, 4.69) is 0 Å². The maximum absolute atomic E-state index is 13.0. The molecule has 10 heteroatoms. The summed E-state index contributed by atoms with van der Waals surface area (Å²) in [5, 5.41) is 19.5. The monoisotopic (exact) mass is 492 g/mol. The second kappa shape index (κ2) is 7.87. The zero-order valence-electron chi connectivity index (χ0n) is 14.3. The van der Waals surface area contributed by atoms with Crippen LogP contribution >= 0.6 is 46.4 Å². The molecule has 3 aromatic rings. The van der Waals surface area contributed by atoms with Crippen LogP contribution in [-0.2, 0) is 14.9 Å². The van der Waals surface area contributed by atoms with Gasteiger partial charge in [-0.25, -0.2) is 0 Å². The Morgan fingerprint density at radius 1 is 0.828 bits per heavy atom. The number of aromatic hydroxyl groups is 2. The molecule has 0 heterocycles. The fourth-order valence-electron chi connectivity index (χ4n) is 3.24. The first-order chi connectivity index (χ1) is 13.5. The molecule has 0 aromatic heterocycles. The molecular weight excluding hydrogens is 482 g/mol. The number of halogens is 4. The van der Waals surface area contributed by atoms with Crippen LogP contribution in [0.25, 0.3) is 0 Å². The van der Waals surface area contributed by atoms with Gasteiger partial charge in [0.15, 0.2) is 4.75 Å². The molecule has 0 saturated heterocycles. The summed E-state index contributed by atoms with van der Waals surface area (Å²) < 4.78 is 34.0. The summed E-state index contributed by atoms with van der Waals surface area (Å²) in [4.78, 5) is 0. The van der Waals surface area contributed by atoms with Crippen molar-refractivity contribution in [1.29, 1.82) is 0 Å². The average Bonchev–Trinajstić information content (AvgIpc) is 2.60. The van der Waals surface area contributed by atoms with Gasteiger partial charge in [0, 0.05) is 32.3 Å². The van der Waals surface area contributed by atoms with Gasteiger partial charge < -0.3 is 10.2 Å². The van der Waals surface area contributed by atoms with Gasteiger partial charge >= 0.3 is 0 Å². The summed E-state index contributed by atoms with van der Waals surface area (Å²) in [5.41, 5.74) is -0.647. The minimum Gasteiger partial charge on any atom is -0.508 e. The quantitative estimate of drug-likeness (QED) is 0.311. The molecule has 0 radical (unpaired) electrons. The second-order valence-electron chi connectivity index (χ2n) is 6.09. The lowest BCUT2D eigenvalue weighted by Crippen LogP contribution is -2.39. The standard InChI is InChI=1S/C19H12Cl4O5S/c20-11-8-13(18(23)16(25)9-11)19(29(26,27)28,10-3-1-4-12(24)7-10)17-14(21)5-2-6-15(17)22/h1-9,24-25H,(H,26,27,28). The van der Waals surface area contributed by atoms with E-state index in [1.165, 1.54) is 42.5 Å². The number of benzene rings is 3. The lowest BCUT2D eigenvalue weighted by atomic mass is 9.83. The van der Waals surface area contributed by atoms with Gasteiger partial charge in [0.1, 0.15) is 11.5 Å². The normalized spacial score (nSPS) is 13.8. The van der Waals surface area contributed by atoms with Crippen molar-refractivity contribution in [2.75, 3.05) is 0 Å². The van der Waals surface area contributed by atoms with Crippen molar-refractivity contribution < 1.29 is 23.2 Å². The van der Waals surface area contributed by atoms with E-state index in [-0.39, 0.29) is 37.5 Å². The van der Waals surface area contributed by atoms with E-state index in [1.807, 2.05) is 0 Å².